The second-order valence-electron chi connectivity index (χ2n) is 7.81. The quantitative estimate of drug-likeness (QED) is 0.168. The monoisotopic (exact) mass is 680 g/mol. The van der Waals surface area contributed by atoms with Crippen molar-refractivity contribution in [3.05, 3.63) is 0 Å². The third-order valence-corrected chi connectivity index (χ3v) is 3.19. The van der Waals surface area contributed by atoms with E-state index in [1.165, 1.54) is 7.11 Å². The van der Waals surface area contributed by atoms with Crippen LogP contribution in [0.3, 0.4) is 0 Å². The summed E-state index contributed by atoms with van der Waals surface area (Å²) in [4.78, 5) is 29.7. The van der Waals surface area contributed by atoms with E-state index in [1.807, 2.05) is 33.0 Å². The molecular weight excluding hydrogens is 579 g/mol. The average molecular weight is 680 g/mol. The number of hydrogen-bond donors (Lipinski definition) is 0. The number of carbonyl (C=O) groups excluding carboxylic acids is 2. The minimum Gasteiger partial charge on any atom is -0.469 e. The van der Waals surface area contributed by atoms with Crippen molar-refractivity contribution in [1.82, 2.24) is 19.6 Å². The summed E-state index contributed by atoms with van der Waals surface area (Å²) in [7, 11) is 18.7. The summed E-state index contributed by atoms with van der Waals surface area (Å²) in [5.41, 5.74) is 0. The Bertz CT molecular complexity index is 370. The molecule has 0 rings (SSSR count). The maximum Gasteiger partial charge on any atom is 0.305 e. The Balaban J connectivity index is -0.0000000134. The Kier molecular flexibility index (Phi) is 236. The molecular formula is C34H100N4O4V. The molecule has 285 valence electrons. The zero-order valence-corrected chi connectivity index (χ0v) is 23.9. The van der Waals surface area contributed by atoms with Crippen LogP contribution in [0.4, 0.5) is 0 Å². The Morgan fingerprint density at radius 1 is 0.512 bits per heavy atom. The predicted octanol–water partition coefficient (Wildman–Crippen LogP) is 10.5. The molecule has 0 aliphatic rings. The zero-order valence-electron chi connectivity index (χ0n) is 22.5. The van der Waals surface area contributed by atoms with Gasteiger partial charge in [0.2, 0.25) is 5.91 Å². The van der Waals surface area contributed by atoms with Gasteiger partial charge in [-0.3, -0.25) is 24.3 Å². The van der Waals surface area contributed by atoms with Crippen LogP contribution in [0.5, 0.6) is 0 Å². The molecule has 1 amide bonds. The van der Waals surface area contributed by atoms with Crippen LogP contribution in [0.1, 0.15) is 141 Å². The summed E-state index contributed by atoms with van der Waals surface area (Å²) in [5.74, 6) is 0.136. The van der Waals surface area contributed by atoms with Gasteiger partial charge in [-0.05, 0) is 55.1 Å². The molecule has 0 aromatic heterocycles. The van der Waals surface area contributed by atoms with Crippen molar-refractivity contribution in [2.24, 2.45) is 0 Å². The maximum absolute atomic E-state index is 11.3. The number of esters is 1. The predicted molar refractivity (Wildman–Crippen MR) is 208 cm³/mol. The molecule has 0 aromatic rings. The first kappa shape index (κ1) is 113. The molecule has 0 heterocycles. The Morgan fingerprint density at radius 3 is 0.953 bits per heavy atom. The first-order valence-corrected chi connectivity index (χ1v) is 10.6. The average Bonchev–Trinajstić information content (AvgIpc) is 2.64. The normalized spacial score (nSPS) is 6.77. The molecule has 0 spiro atoms. The Labute approximate surface area is 293 Å². The molecule has 0 saturated carbocycles. The minimum atomic E-state index is -0.105. The molecule has 0 saturated heterocycles. The Morgan fingerprint density at radius 2 is 0.767 bits per heavy atom. The van der Waals surface area contributed by atoms with Gasteiger partial charge in [0.15, 0.2) is 0 Å². The van der Waals surface area contributed by atoms with Crippen LogP contribution >= 0.6 is 0 Å². The van der Waals surface area contributed by atoms with Gasteiger partial charge in [0.1, 0.15) is 0 Å². The zero-order chi connectivity index (χ0) is 24.5. The van der Waals surface area contributed by atoms with Gasteiger partial charge in [-0.1, -0.05) is 116 Å². The molecule has 0 atom stereocenters. The van der Waals surface area contributed by atoms with Gasteiger partial charge in [0, 0.05) is 59.3 Å². The summed E-state index contributed by atoms with van der Waals surface area (Å²) in [6.07, 6.45) is 5.31. The standard InChI is InChI=1S/C9H20N2O.C6H12O2.C5H14N2.C2H6O.12CH4.V/c1-5-6-7-9(12)11(4)8-10(2)3;1-3-4-5-6(7)8-2;1-6(2)5-7(3)4;1-3-2;;;;;;;;;;;;;/h5-8H2,1-4H3;3-5H2,1-2H3;5H2,1-4H3;1-2H3;12*1H4;. The summed E-state index contributed by atoms with van der Waals surface area (Å²) in [5, 5.41) is 0. The van der Waals surface area contributed by atoms with Crippen LogP contribution in [0.15, 0.2) is 0 Å². The molecule has 43 heavy (non-hydrogen) atoms. The molecule has 0 aromatic carbocycles. The summed E-state index contributed by atoms with van der Waals surface area (Å²) < 4.78 is 8.66. The van der Waals surface area contributed by atoms with Gasteiger partial charge in [-0.25, -0.2) is 0 Å². The van der Waals surface area contributed by atoms with Gasteiger partial charge >= 0.3 is 5.97 Å². The first-order valence-electron chi connectivity index (χ1n) is 10.6. The molecule has 8 nitrogen and oxygen atoms in total. The number of methoxy groups -OCH3 is 2. The van der Waals surface area contributed by atoms with Crippen molar-refractivity contribution >= 4 is 11.9 Å². The molecule has 0 bridgehead atoms. The fourth-order valence-corrected chi connectivity index (χ4v) is 2.01. The van der Waals surface area contributed by atoms with E-state index in [9.17, 15) is 9.59 Å². The molecule has 9 heteroatoms. The van der Waals surface area contributed by atoms with Gasteiger partial charge in [-0.2, -0.15) is 0 Å². The smallest absolute Gasteiger partial charge is 0.305 e. The van der Waals surface area contributed by atoms with Crippen molar-refractivity contribution in [1.29, 1.82) is 0 Å². The molecule has 0 aliphatic heterocycles. The molecule has 0 aliphatic carbocycles. The fraction of sp³-hybridized carbons (Fsp3) is 0.941. The second kappa shape index (κ2) is 90.0. The van der Waals surface area contributed by atoms with Crippen LogP contribution in [0, 0.1) is 0 Å². The van der Waals surface area contributed by atoms with Crippen LogP contribution in [0.25, 0.3) is 0 Å². The van der Waals surface area contributed by atoms with E-state index in [2.05, 4.69) is 54.4 Å². The summed E-state index contributed by atoms with van der Waals surface area (Å²) in [6.45, 7) is 5.88. The van der Waals surface area contributed by atoms with E-state index in [0.717, 1.165) is 32.4 Å². The van der Waals surface area contributed by atoms with E-state index in [0.29, 0.717) is 19.5 Å². The number of unbranched alkanes of at least 4 members (excludes halogenated alkanes) is 2. The van der Waals surface area contributed by atoms with E-state index in [4.69, 9.17) is 0 Å². The topological polar surface area (TPSA) is 65.6 Å². The number of amides is 1. The Hall–Kier alpha value is -0.636. The SMILES string of the molecule is C.C.C.C.C.C.C.C.C.C.C.C.CCCCC(=O)N(C)CN(C)C.CCCCC(=O)OC.CN(C)CN(C)C.COC.[V]. The third kappa shape index (κ3) is 140. The van der Waals surface area contributed by atoms with Crippen molar-refractivity contribution in [2.45, 2.75) is 141 Å². The molecule has 1 radical (unpaired) electrons. The van der Waals surface area contributed by atoms with E-state index in [1.54, 1.807) is 19.1 Å². The minimum absolute atomic E-state index is 0. The number of carbonyl (C=O) groups is 2. The second-order valence-corrected chi connectivity index (χ2v) is 7.81. The van der Waals surface area contributed by atoms with Crippen molar-refractivity contribution in [3.63, 3.8) is 0 Å². The summed E-state index contributed by atoms with van der Waals surface area (Å²) >= 11 is 0. The third-order valence-electron chi connectivity index (χ3n) is 3.19. The van der Waals surface area contributed by atoms with Crippen LogP contribution < -0.4 is 0 Å². The fourth-order valence-electron chi connectivity index (χ4n) is 2.01. The van der Waals surface area contributed by atoms with Crippen molar-refractivity contribution in [3.8, 4) is 0 Å². The van der Waals surface area contributed by atoms with Crippen LogP contribution in [-0.2, 0) is 37.6 Å². The van der Waals surface area contributed by atoms with Gasteiger partial charge in [0.05, 0.1) is 13.8 Å². The molecule has 0 N–H and O–H groups in total. The molecule has 0 fully saturated rings. The van der Waals surface area contributed by atoms with E-state index in [-0.39, 0.29) is 120 Å². The maximum atomic E-state index is 11.3. The number of ether oxygens (including phenoxy) is 2. The number of hydrogen-bond acceptors (Lipinski definition) is 7. The number of rotatable bonds is 10. The van der Waals surface area contributed by atoms with Crippen LogP contribution in [-0.4, -0.2) is 115 Å². The molecule has 0 unspecified atom stereocenters. The van der Waals surface area contributed by atoms with Gasteiger partial charge in [-0.15, -0.1) is 0 Å². The largest absolute Gasteiger partial charge is 0.469 e. The number of nitrogens with zero attached hydrogens (tertiary/aromatic N) is 4. The van der Waals surface area contributed by atoms with Gasteiger partial charge < -0.3 is 14.4 Å². The first-order chi connectivity index (χ1) is 13.9. The van der Waals surface area contributed by atoms with Crippen molar-refractivity contribution in [2.75, 3.05) is 84.0 Å². The van der Waals surface area contributed by atoms with Gasteiger partial charge in [0.25, 0.3) is 0 Å². The van der Waals surface area contributed by atoms with Crippen molar-refractivity contribution < 1.29 is 37.6 Å². The summed E-state index contributed by atoms with van der Waals surface area (Å²) in [6, 6.07) is 0. The van der Waals surface area contributed by atoms with E-state index >= 15 is 0 Å². The van der Waals surface area contributed by atoms with Crippen LogP contribution in [0.2, 0.25) is 0 Å². The van der Waals surface area contributed by atoms with E-state index < -0.39 is 0 Å².